The van der Waals surface area contributed by atoms with Crippen LogP contribution < -0.4 is 5.32 Å². The van der Waals surface area contributed by atoms with Gasteiger partial charge in [0.15, 0.2) is 0 Å². The number of carbonyl (C=O) groups excluding carboxylic acids is 1. The fraction of sp³-hybridized carbons (Fsp3) is 0.444. The Labute approximate surface area is 82.6 Å². The van der Waals surface area contributed by atoms with Gasteiger partial charge < -0.3 is 10.1 Å². The van der Waals surface area contributed by atoms with E-state index in [4.69, 9.17) is 10.5 Å². The monoisotopic (exact) mass is 193 g/mol. The minimum Gasteiger partial charge on any atom is -0.466 e. The van der Waals surface area contributed by atoms with E-state index in [-0.39, 0.29) is 24.3 Å². The molecule has 5 heteroatoms. The van der Waals surface area contributed by atoms with E-state index >= 15 is 0 Å². The van der Waals surface area contributed by atoms with Gasteiger partial charge in [-0.15, -0.1) is 0 Å². The molecule has 0 saturated carbocycles. The lowest BCUT2D eigenvalue weighted by Gasteiger charge is -2.05. The molecule has 0 heterocycles. The van der Waals surface area contributed by atoms with Crippen LogP contribution in [0.4, 0.5) is 0 Å². The standard InChI is InChI=1S/C9H11N3O2/c1-3-14-9(13)4-8(12-2)7(5-10)6-11/h12H,3-4H2,1-2H3. The van der Waals surface area contributed by atoms with E-state index in [1.165, 1.54) is 0 Å². The summed E-state index contributed by atoms with van der Waals surface area (Å²) < 4.78 is 4.68. The minimum atomic E-state index is -0.458. The average molecular weight is 193 g/mol. The van der Waals surface area contributed by atoms with E-state index in [0.29, 0.717) is 0 Å². The first kappa shape index (κ1) is 12.0. The van der Waals surface area contributed by atoms with Crippen LogP contribution in [-0.2, 0) is 9.53 Å². The van der Waals surface area contributed by atoms with Crippen LogP contribution in [-0.4, -0.2) is 19.6 Å². The van der Waals surface area contributed by atoms with Gasteiger partial charge in [0.25, 0.3) is 0 Å². The maximum absolute atomic E-state index is 11.0. The molecule has 0 aliphatic rings. The van der Waals surface area contributed by atoms with Crippen molar-refractivity contribution in [3.8, 4) is 12.1 Å². The maximum Gasteiger partial charge on any atom is 0.311 e. The highest BCUT2D eigenvalue weighted by Gasteiger charge is 2.10. The van der Waals surface area contributed by atoms with Gasteiger partial charge in [-0.3, -0.25) is 4.79 Å². The summed E-state index contributed by atoms with van der Waals surface area (Å²) in [5, 5.41) is 19.7. The molecule has 14 heavy (non-hydrogen) atoms. The molecule has 0 rings (SSSR count). The lowest BCUT2D eigenvalue weighted by Crippen LogP contribution is -2.15. The van der Waals surface area contributed by atoms with E-state index in [1.54, 1.807) is 26.1 Å². The molecular formula is C9H11N3O2. The fourth-order valence-corrected chi connectivity index (χ4v) is 0.818. The van der Waals surface area contributed by atoms with Crippen molar-refractivity contribution in [2.75, 3.05) is 13.7 Å². The maximum atomic E-state index is 11.0. The molecule has 0 amide bonds. The summed E-state index contributed by atoms with van der Waals surface area (Å²) in [7, 11) is 1.54. The Balaban J connectivity index is 4.61. The molecule has 0 aliphatic heterocycles. The number of ether oxygens (including phenoxy) is 1. The van der Waals surface area contributed by atoms with Crippen LogP contribution in [0.5, 0.6) is 0 Å². The number of nitrogens with zero attached hydrogens (tertiary/aromatic N) is 2. The molecule has 0 atom stereocenters. The second kappa shape index (κ2) is 6.50. The highest BCUT2D eigenvalue weighted by Crippen LogP contribution is 2.05. The molecule has 0 saturated heterocycles. The van der Waals surface area contributed by atoms with Crippen molar-refractivity contribution in [1.29, 1.82) is 10.5 Å². The number of rotatable bonds is 4. The van der Waals surface area contributed by atoms with Gasteiger partial charge in [-0.05, 0) is 6.92 Å². The number of nitriles is 2. The predicted octanol–water partition coefficient (Wildman–Crippen LogP) is 0.460. The van der Waals surface area contributed by atoms with Crippen LogP contribution in [0, 0.1) is 22.7 Å². The Morgan fingerprint density at radius 3 is 2.36 bits per heavy atom. The van der Waals surface area contributed by atoms with Crippen molar-refractivity contribution in [3.63, 3.8) is 0 Å². The van der Waals surface area contributed by atoms with Gasteiger partial charge in [-0.1, -0.05) is 0 Å². The summed E-state index contributed by atoms with van der Waals surface area (Å²) in [5.74, 6) is -0.458. The molecule has 0 aromatic carbocycles. The molecule has 0 unspecified atom stereocenters. The Hall–Kier alpha value is -2.01. The quantitative estimate of drug-likeness (QED) is 0.517. The molecule has 1 N–H and O–H groups in total. The van der Waals surface area contributed by atoms with E-state index in [0.717, 1.165) is 0 Å². The largest absolute Gasteiger partial charge is 0.466 e. The van der Waals surface area contributed by atoms with Crippen LogP contribution in [0.2, 0.25) is 0 Å². The third-order valence-electron chi connectivity index (χ3n) is 1.45. The Kier molecular flexibility index (Phi) is 5.57. The van der Waals surface area contributed by atoms with Gasteiger partial charge in [0.05, 0.1) is 18.7 Å². The van der Waals surface area contributed by atoms with Gasteiger partial charge in [0.2, 0.25) is 0 Å². The summed E-state index contributed by atoms with van der Waals surface area (Å²) >= 11 is 0. The third-order valence-corrected chi connectivity index (χ3v) is 1.45. The second-order valence-electron chi connectivity index (χ2n) is 2.31. The van der Waals surface area contributed by atoms with E-state index in [2.05, 4.69) is 10.1 Å². The van der Waals surface area contributed by atoms with Crippen LogP contribution in [0.25, 0.3) is 0 Å². The first-order valence-corrected chi connectivity index (χ1v) is 4.06. The Morgan fingerprint density at radius 1 is 1.43 bits per heavy atom. The number of hydrogen-bond acceptors (Lipinski definition) is 5. The molecular weight excluding hydrogens is 182 g/mol. The van der Waals surface area contributed by atoms with E-state index < -0.39 is 5.97 Å². The summed E-state index contributed by atoms with van der Waals surface area (Å²) in [6, 6.07) is 3.40. The number of esters is 1. The topological polar surface area (TPSA) is 85.9 Å². The number of nitrogens with one attached hydrogen (secondary N) is 1. The highest BCUT2D eigenvalue weighted by molar-refractivity contribution is 5.73. The molecule has 0 bridgehead atoms. The average Bonchev–Trinajstić information content (AvgIpc) is 2.18. The lowest BCUT2D eigenvalue weighted by atomic mass is 10.2. The Bertz CT molecular complexity index is 304. The van der Waals surface area contributed by atoms with Crippen molar-refractivity contribution in [2.45, 2.75) is 13.3 Å². The van der Waals surface area contributed by atoms with Crippen LogP contribution in [0.1, 0.15) is 13.3 Å². The molecule has 74 valence electrons. The summed E-state index contributed by atoms with van der Waals surface area (Å²) in [4.78, 5) is 11.0. The van der Waals surface area contributed by atoms with Crippen LogP contribution >= 0.6 is 0 Å². The molecule has 0 aliphatic carbocycles. The first-order chi connectivity index (χ1) is 6.69. The number of hydrogen-bond donors (Lipinski definition) is 1. The van der Waals surface area contributed by atoms with Crippen molar-refractivity contribution in [1.82, 2.24) is 5.32 Å². The number of allylic oxidation sites excluding steroid dienone is 1. The van der Waals surface area contributed by atoms with Crippen LogP contribution in [0.15, 0.2) is 11.3 Å². The van der Waals surface area contributed by atoms with E-state index in [9.17, 15) is 4.79 Å². The lowest BCUT2D eigenvalue weighted by molar-refractivity contribution is -0.142. The summed E-state index contributed by atoms with van der Waals surface area (Å²) in [5.41, 5.74) is 0.189. The Morgan fingerprint density at radius 2 is 2.00 bits per heavy atom. The third kappa shape index (κ3) is 3.59. The van der Waals surface area contributed by atoms with Crippen molar-refractivity contribution >= 4 is 5.97 Å². The summed E-state index contributed by atoms with van der Waals surface area (Å²) in [6.45, 7) is 1.97. The van der Waals surface area contributed by atoms with Gasteiger partial charge in [-0.25, -0.2) is 0 Å². The van der Waals surface area contributed by atoms with Gasteiger partial charge in [-0.2, -0.15) is 10.5 Å². The molecule has 5 nitrogen and oxygen atoms in total. The van der Waals surface area contributed by atoms with Crippen LogP contribution in [0.3, 0.4) is 0 Å². The molecule has 0 fully saturated rings. The summed E-state index contributed by atoms with van der Waals surface area (Å²) in [6.07, 6.45) is -0.0825. The van der Waals surface area contributed by atoms with Gasteiger partial charge in [0.1, 0.15) is 17.7 Å². The first-order valence-electron chi connectivity index (χ1n) is 4.06. The zero-order valence-electron chi connectivity index (χ0n) is 8.13. The van der Waals surface area contributed by atoms with Gasteiger partial charge >= 0.3 is 5.97 Å². The normalized spacial score (nSPS) is 8.00. The highest BCUT2D eigenvalue weighted by atomic mass is 16.5. The zero-order chi connectivity index (χ0) is 11.0. The van der Waals surface area contributed by atoms with Crippen molar-refractivity contribution in [2.24, 2.45) is 0 Å². The molecule has 0 radical (unpaired) electrons. The SMILES string of the molecule is CCOC(=O)CC(NC)=C(C#N)C#N. The zero-order valence-corrected chi connectivity index (χ0v) is 8.13. The molecule has 0 aromatic rings. The van der Waals surface area contributed by atoms with E-state index in [1.807, 2.05) is 0 Å². The second-order valence-corrected chi connectivity index (χ2v) is 2.31. The van der Waals surface area contributed by atoms with Crippen molar-refractivity contribution in [3.05, 3.63) is 11.3 Å². The van der Waals surface area contributed by atoms with Crippen molar-refractivity contribution < 1.29 is 9.53 Å². The smallest absolute Gasteiger partial charge is 0.311 e. The molecule has 0 spiro atoms. The fourth-order valence-electron chi connectivity index (χ4n) is 0.818. The number of carbonyl (C=O) groups is 1. The minimum absolute atomic E-state index is 0.0825. The van der Waals surface area contributed by atoms with Gasteiger partial charge in [0, 0.05) is 7.05 Å². The molecule has 0 aromatic heterocycles. The predicted molar refractivity (Wildman–Crippen MR) is 48.6 cm³/mol.